The number of aromatic nitrogens is 2. The summed E-state index contributed by atoms with van der Waals surface area (Å²) in [6.07, 6.45) is 2.36. The molecule has 1 aliphatic carbocycles. The van der Waals surface area contributed by atoms with Crippen molar-refractivity contribution < 1.29 is 4.79 Å². The number of ketones is 1. The third-order valence-corrected chi connectivity index (χ3v) is 2.87. The Balaban J connectivity index is 2.43. The molecule has 0 atom stereocenters. The van der Waals surface area contributed by atoms with E-state index in [0.717, 1.165) is 24.1 Å². The summed E-state index contributed by atoms with van der Waals surface area (Å²) in [7, 11) is 0. The van der Waals surface area contributed by atoms with Gasteiger partial charge in [0.25, 0.3) is 0 Å². The predicted octanol–water partition coefficient (Wildman–Crippen LogP) is 1.38. The molecule has 2 heterocycles. The Bertz CT molecular complexity index is 607. The summed E-state index contributed by atoms with van der Waals surface area (Å²) >= 11 is 0. The standard InChI is InChI=1S/C11H10N2O2/c14-8-3-1-2-6-10(8)11-7(12-6)4-5-9(15)13-11/h4-5,12H,1-3H2,(H,13,15). The summed E-state index contributed by atoms with van der Waals surface area (Å²) in [6.45, 7) is 0. The van der Waals surface area contributed by atoms with E-state index < -0.39 is 0 Å². The van der Waals surface area contributed by atoms with Crippen LogP contribution >= 0.6 is 0 Å². The maximum atomic E-state index is 11.7. The van der Waals surface area contributed by atoms with E-state index in [2.05, 4.69) is 9.97 Å². The van der Waals surface area contributed by atoms with Gasteiger partial charge in [0.1, 0.15) is 0 Å². The monoisotopic (exact) mass is 202 g/mol. The van der Waals surface area contributed by atoms with Crippen LogP contribution in [0.15, 0.2) is 16.9 Å². The SMILES string of the molecule is O=C1CCCc2[nH]c3ccc(=O)[nH]c3c21. The maximum absolute atomic E-state index is 11.7. The van der Waals surface area contributed by atoms with Gasteiger partial charge in [-0.3, -0.25) is 9.59 Å². The van der Waals surface area contributed by atoms with E-state index in [1.807, 2.05) is 0 Å². The van der Waals surface area contributed by atoms with Gasteiger partial charge in [0, 0.05) is 18.2 Å². The average molecular weight is 202 g/mol. The summed E-state index contributed by atoms with van der Waals surface area (Å²) in [5.74, 6) is 0.129. The predicted molar refractivity (Wildman–Crippen MR) is 56.2 cm³/mol. The smallest absolute Gasteiger partial charge is 0.248 e. The molecule has 4 heteroatoms. The Morgan fingerprint density at radius 3 is 2.80 bits per heavy atom. The zero-order valence-electron chi connectivity index (χ0n) is 8.09. The first-order valence-corrected chi connectivity index (χ1v) is 5.03. The molecule has 2 aromatic heterocycles. The van der Waals surface area contributed by atoms with E-state index in [9.17, 15) is 9.59 Å². The highest BCUT2D eigenvalue weighted by Gasteiger charge is 2.22. The van der Waals surface area contributed by atoms with E-state index in [0.29, 0.717) is 17.5 Å². The molecule has 0 bridgehead atoms. The van der Waals surface area contributed by atoms with Crippen molar-refractivity contribution in [2.45, 2.75) is 19.3 Å². The number of hydrogen-bond donors (Lipinski definition) is 2. The number of H-pyrrole nitrogens is 2. The lowest BCUT2D eigenvalue weighted by Gasteiger charge is -2.08. The molecular formula is C11H10N2O2. The number of hydrogen-bond acceptors (Lipinski definition) is 2. The highest BCUT2D eigenvalue weighted by Crippen LogP contribution is 2.26. The Morgan fingerprint density at radius 1 is 1.07 bits per heavy atom. The van der Waals surface area contributed by atoms with Gasteiger partial charge < -0.3 is 9.97 Å². The van der Waals surface area contributed by atoms with E-state index in [1.54, 1.807) is 6.07 Å². The molecule has 15 heavy (non-hydrogen) atoms. The van der Waals surface area contributed by atoms with Gasteiger partial charge in [-0.15, -0.1) is 0 Å². The summed E-state index contributed by atoms with van der Waals surface area (Å²) < 4.78 is 0. The quantitative estimate of drug-likeness (QED) is 0.677. The summed E-state index contributed by atoms with van der Waals surface area (Å²) in [5, 5.41) is 0. The number of carbonyl (C=O) groups excluding carboxylic acids is 1. The Labute approximate surface area is 85.3 Å². The lowest BCUT2D eigenvalue weighted by Crippen LogP contribution is -2.10. The van der Waals surface area contributed by atoms with Crippen LogP contribution in [0.4, 0.5) is 0 Å². The van der Waals surface area contributed by atoms with Crippen molar-refractivity contribution in [2.24, 2.45) is 0 Å². The van der Waals surface area contributed by atoms with Crippen LogP contribution in [0.1, 0.15) is 28.9 Å². The topological polar surface area (TPSA) is 65.7 Å². The molecule has 0 aromatic carbocycles. The third-order valence-electron chi connectivity index (χ3n) is 2.87. The lowest BCUT2D eigenvalue weighted by atomic mass is 9.96. The Morgan fingerprint density at radius 2 is 1.93 bits per heavy atom. The molecule has 2 aromatic rings. The molecule has 0 unspecified atom stereocenters. The van der Waals surface area contributed by atoms with Crippen LogP contribution in [0.25, 0.3) is 11.0 Å². The molecule has 3 rings (SSSR count). The van der Waals surface area contributed by atoms with Crippen LogP contribution < -0.4 is 5.56 Å². The van der Waals surface area contributed by atoms with Gasteiger partial charge in [-0.2, -0.15) is 0 Å². The first kappa shape index (κ1) is 8.47. The van der Waals surface area contributed by atoms with Crippen LogP contribution in [-0.2, 0) is 6.42 Å². The zero-order valence-corrected chi connectivity index (χ0v) is 8.09. The van der Waals surface area contributed by atoms with Crippen molar-refractivity contribution in [3.05, 3.63) is 33.7 Å². The molecule has 0 saturated carbocycles. The minimum atomic E-state index is -0.164. The average Bonchev–Trinajstić information content (AvgIpc) is 2.57. The van der Waals surface area contributed by atoms with Crippen LogP contribution in [0.2, 0.25) is 0 Å². The van der Waals surface area contributed by atoms with E-state index >= 15 is 0 Å². The van der Waals surface area contributed by atoms with Crippen molar-refractivity contribution in [2.75, 3.05) is 0 Å². The number of pyridine rings is 1. The van der Waals surface area contributed by atoms with Gasteiger partial charge >= 0.3 is 0 Å². The van der Waals surface area contributed by atoms with Crippen molar-refractivity contribution in [1.82, 2.24) is 9.97 Å². The molecule has 76 valence electrons. The first-order chi connectivity index (χ1) is 7.25. The molecule has 2 N–H and O–H groups in total. The minimum absolute atomic E-state index is 0.129. The van der Waals surface area contributed by atoms with E-state index in [-0.39, 0.29) is 11.3 Å². The molecule has 0 spiro atoms. The number of fused-ring (bicyclic) bond motifs is 3. The second kappa shape index (κ2) is 2.82. The largest absolute Gasteiger partial charge is 0.357 e. The van der Waals surface area contributed by atoms with E-state index in [1.165, 1.54) is 6.07 Å². The number of nitrogens with one attached hydrogen (secondary N) is 2. The number of aryl methyl sites for hydroxylation is 1. The van der Waals surface area contributed by atoms with Crippen molar-refractivity contribution in [3.63, 3.8) is 0 Å². The maximum Gasteiger partial charge on any atom is 0.248 e. The minimum Gasteiger partial charge on any atom is -0.357 e. The van der Waals surface area contributed by atoms with Gasteiger partial charge in [0.05, 0.1) is 16.6 Å². The molecule has 1 aliphatic rings. The number of carbonyl (C=O) groups is 1. The van der Waals surface area contributed by atoms with Crippen molar-refractivity contribution >= 4 is 16.8 Å². The highest BCUT2D eigenvalue weighted by molar-refractivity contribution is 6.08. The summed E-state index contributed by atoms with van der Waals surface area (Å²) in [5.41, 5.74) is 3.00. The van der Waals surface area contributed by atoms with Crippen LogP contribution in [0.5, 0.6) is 0 Å². The summed E-state index contributed by atoms with van der Waals surface area (Å²) in [6, 6.07) is 3.19. The van der Waals surface area contributed by atoms with Crippen LogP contribution in [0.3, 0.4) is 0 Å². The van der Waals surface area contributed by atoms with Crippen molar-refractivity contribution in [1.29, 1.82) is 0 Å². The highest BCUT2D eigenvalue weighted by atomic mass is 16.1. The Kier molecular flexibility index (Phi) is 1.59. The van der Waals surface area contributed by atoms with Gasteiger partial charge in [0.2, 0.25) is 5.56 Å². The molecule has 0 amide bonds. The van der Waals surface area contributed by atoms with Gasteiger partial charge in [-0.1, -0.05) is 0 Å². The third kappa shape index (κ3) is 1.14. The molecule has 4 nitrogen and oxygen atoms in total. The number of rotatable bonds is 0. The fraction of sp³-hybridized carbons (Fsp3) is 0.273. The number of Topliss-reactive ketones (excluding diaryl/α,β-unsaturated/α-hetero) is 1. The van der Waals surface area contributed by atoms with Crippen LogP contribution in [-0.4, -0.2) is 15.8 Å². The lowest BCUT2D eigenvalue weighted by molar-refractivity contribution is 0.0974. The van der Waals surface area contributed by atoms with Crippen molar-refractivity contribution in [3.8, 4) is 0 Å². The van der Waals surface area contributed by atoms with Gasteiger partial charge in [0.15, 0.2) is 5.78 Å². The molecule has 0 saturated heterocycles. The molecule has 0 aliphatic heterocycles. The van der Waals surface area contributed by atoms with E-state index in [4.69, 9.17) is 0 Å². The zero-order chi connectivity index (χ0) is 10.4. The fourth-order valence-electron chi connectivity index (χ4n) is 2.20. The first-order valence-electron chi connectivity index (χ1n) is 5.03. The fourth-order valence-corrected chi connectivity index (χ4v) is 2.20. The normalized spacial score (nSPS) is 15.6. The second-order valence-corrected chi connectivity index (χ2v) is 3.87. The van der Waals surface area contributed by atoms with Gasteiger partial charge in [-0.05, 0) is 18.9 Å². The molecule has 0 fully saturated rings. The Hall–Kier alpha value is -1.84. The number of aromatic amines is 2. The van der Waals surface area contributed by atoms with Crippen LogP contribution in [0, 0.1) is 0 Å². The van der Waals surface area contributed by atoms with Gasteiger partial charge in [-0.25, -0.2) is 0 Å². The second-order valence-electron chi connectivity index (χ2n) is 3.87. The molecule has 0 radical (unpaired) electrons. The molecular weight excluding hydrogens is 192 g/mol. The summed E-state index contributed by atoms with van der Waals surface area (Å²) in [4.78, 5) is 28.8.